The third-order valence-electron chi connectivity index (χ3n) is 6.76. The molecule has 13 heavy (non-hydrogen) atoms. The lowest BCUT2D eigenvalue weighted by molar-refractivity contribution is -0.0255. The standard InChI is InChI=1S/C11H13NO/c12-11-8-3-1-2-4-5(3)9(11)7(4)10(13-11)6(2)8/h2-10H,1,12H2/t2?,3?,4?,5?,6?,7?,8?,9?,10-,11+/m0/s1. The van der Waals surface area contributed by atoms with Crippen molar-refractivity contribution in [1.29, 1.82) is 0 Å². The molecule has 7 fully saturated rings. The first-order chi connectivity index (χ1) is 6.32. The monoisotopic (exact) mass is 175 g/mol. The summed E-state index contributed by atoms with van der Waals surface area (Å²) in [5, 5.41) is 0. The molecular weight excluding hydrogens is 162 g/mol. The van der Waals surface area contributed by atoms with Gasteiger partial charge in [0.15, 0.2) is 0 Å². The van der Waals surface area contributed by atoms with E-state index in [1.54, 1.807) is 0 Å². The molecule has 5 saturated carbocycles. The second kappa shape index (κ2) is 1.17. The Morgan fingerprint density at radius 1 is 1.00 bits per heavy atom. The average molecular weight is 175 g/mol. The molecule has 8 unspecified atom stereocenters. The number of hydrogen-bond donors (Lipinski definition) is 1. The first kappa shape index (κ1) is 5.72. The van der Waals surface area contributed by atoms with Gasteiger partial charge in [0.2, 0.25) is 0 Å². The molecule has 0 aromatic rings. The summed E-state index contributed by atoms with van der Waals surface area (Å²) in [6.45, 7) is 0. The molecule has 0 aromatic heterocycles. The van der Waals surface area contributed by atoms with Crippen LogP contribution in [0.25, 0.3) is 0 Å². The maximum absolute atomic E-state index is 6.48. The molecule has 0 aromatic carbocycles. The fraction of sp³-hybridized carbons (Fsp3) is 1.00. The first-order valence-corrected chi connectivity index (χ1v) is 5.79. The number of ether oxygens (including phenoxy) is 1. The van der Waals surface area contributed by atoms with Gasteiger partial charge in [0.05, 0.1) is 6.10 Å². The van der Waals surface area contributed by atoms with E-state index in [4.69, 9.17) is 10.5 Å². The Kier molecular flexibility index (Phi) is 0.513. The minimum atomic E-state index is -0.114. The Morgan fingerprint density at radius 2 is 1.92 bits per heavy atom. The molecule has 0 amide bonds. The van der Waals surface area contributed by atoms with Gasteiger partial charge in [0, 0.05) is 11.8 Å². The van der Waals surface area contributed by atoms with Crippen LogP contribution in [0.1, 0.15) is 6.42 Å². The van der Waals surface area contributed by atoms with Crippen LogP contribution in [0.3, 0.4) is 0 Å². The summed E-state index contributed by atoms with van der Waals surface area (Å²) < 4.78 is 6.13. The Balaban J connectivity index is 1.84. The van der Waals surface area contributed by atoms with Crippen LogP contribution in [0.5, 0.6) is 0 Å². The summed E-state index contributed by atoms with van der Waals surface area (Å²) in [5.41, 5.74) is 6.37. The fourth-order valence-electron chi connectivity index (χ4n) is 7.09. The molecule has 7 rings (SSSR count). The summed E-state index contributed by atoms with van der Waals surface area (Å²) >= 11 is 0. The zero-order chi connectivity index (χ0) is 8.11. The van der Waals surface area contributed by atoms with Crippen molar-refractivity contribution in [3.05, 3.63) is 0 Å². The Bertz CT molecular complexity index is 356. The largest absolute Gasteiger partial charge is 0.356 e. The molecule has 0 spiro atoms. The van der Waals surface area contributed by atoms with Gasteiger partial charge in [-0.15, -0.1) is 0 Å². The van der Waals surface area contributed by atoms with Crippen molar-refractivity contribution < 1.29 is 4.74 Å². The topological polar surface area (TPSA) is 35.2 Å². The minimum Gasteiger partial charge on any atom is -0.356 e. The van der Waals surface area contributed by atoms with E-state index in [1.807, 2.05) is 0 Å². The van der Waals surface area contributed by atoms with Crippen LogP contribution < -0.4 is 5.73 Å². The highest BCUT2D eigenvalue weighted by Crippen LogP contribution is 2.89. The van der Waals surface area contributed by atoms with Crippen LogP contribution in [0.15, 0.2) is 0 Å². The van der Waals surface area contributed by atoms with Crippen LogP contribution >= 0.6 is 0 Å². The van der Waals surface area contributed by atoms with Crippen molar-refractivity contribution in [2.24, 2.45) is 53.1 Å². The third kappa shape index (κ3) is 0.278. The van der Waals surface area contributed by atoms with Crippen LogP contribution in [0.4, 0.5) is 0 Å². The quantitative estimate of drug-likeness (QED) is 0.579. The zero-order valence-corrected chi connectivity index (χ0v) is 7.39. The second-order valence-corrected chi connectivity index (χ2v) is 6.36. The molecule has 10 atom stereocenters. The van der Waals surface area contributed by atoms with Crippen molar-refractivity contribution in [3.8, 4) is 0 Å². The normalized spacial score (nSPS) is 93.5. The van der Waals surface area contributed by atoms with E-state index in [0.717, 1.165) is 47.3 Å². The highest BCUT2D eigenvalue weighted by molar-refractivity contribution is 5.37. The Hall–Kier alpha value is -0.0800. The Labute approximate surface area is 76.8 Å². The molecule has 4 bridgehead atoms. The first-order valence-electron chi connectivity index (χ1n) is 5.79. The molecule has 7 aliphatic rings. The van der Waals surface area contributed by atoms with E-state index in [0.29, 0.717) is 6.10 Å². The van der Waals surface area contributed by atoms with Gasteiger partial charge in [-0.2, -0.15) is 0 Å². The molecular formula is C11H13NO. The van der Waals surface area contributed by atoms with Gasteiger partial charge in [0.25, 0.3) is 0 Å². The fourth-order valence-corrected chi connectivity index (χ4v) is 7.09. The van der Waals surface area contributed by atoms with Gasteiger partial charge in [-0.05, 0) is 41.9 Å². The maximum atomic E-state index is 6.48. The van der Waals surface area contributed by atoms with Gasteiger partial charge < -0.3 is 10.5 Å². The minimum absolute atomic E-state index is 0.114. The van der Waals surface area contributed by atoms with Gasteiger partial charge >= 0.3 is 0 Å². The van der Waals surface area contributed by atoms with Gasteiger partial charge in [-0.25, -0.2) is 0 Å². The van der Waals surface area contributed by atoms with Gasteiger partial charge in [-0.1, -0.05) is 0 Å². The molecule has 2 heteroatoms. The molecule has 2 nitrogen and oxygen atoms in total. The summed E-state index contributed by atoms with van der Waals surface area (Å²) in [7, 11) is 0. The highest BCUT2D eigenvalue weighted by atomic mass is 16.5. The van der Waals surface area contributed by atoms with E-state index in [-0.39, 0.29) is 5.72 Å². The number of rotatable bonds is 0. The Morgan fingerprint density at radius 3 is 2.85 bits per heavy atom. The number of nitrogens with two attached hydrogens (primary N) is 1. The summed E-state index contributed by atoms with van der Waals surface area (Å²) in [5.74, 6) is 7.60. The molecule has 0 radical (unpaired) electrons. The lowest BCUT2D eigenvalue weighted by Gasteiger charge is -2.44. The van der Waals surface area contributed by atoms with Crippen molar-refractivity contribution in [2.75, 3.05) is 0 Å². The van der Waals surface area contributed by atoms with E-state index in [2.05, 4.69) is 0 Å². The SMILES string of the molecule is N[C@]12O[C@H]3C4C5CC(C6C5C3C61)C42. The van der Waals surface area contributed by atoms with E-state index in [1.165, 1.54) is 6.42 Å². The van der Waals surface area contributed by atoms with Crippen molar-refractivity contribution in [2.45, 2.75) is 18.2 Å². The molecule has 2 aliphatic heterocycles. The van der Waals surface area contributed by atoms with Gasteiger partial charge in [-0.3, -0.25) is 0 Å². The van der Waals surface area contributed by atoms with E-state index < -0.39 is 0 Å². The average Bonchev–Trinajstić information content (AvgIpc) is 2.58. The summed E-state index contributed by atoms with van der Waals surface area (Å²) in [6, 6.07) is 0. The molecule has 2 heterocycles. The van der Waals surface area contributed by atoms with Crippen molar-refractivity contribution >= 4 is 0 Å². The van der Waals surface area contributed by atoms with Crippen molar-refractivity contribution in [1.82, 2.24) is 0 Å². The summed E-state index contributed by atoms with van der Waals surface area (Å²) in [6.07, 6.45) is 2.15. The highest BCUT2D eigenvalue weighted by Gasteiger charge is 2.92. The summed E-state index contributed by atoms with van der Waals surface area (Å²) in [4.78, 5) is 0. The van der Waals surface area contributed by atoms with Crippen LogP contribution in [0.2, 0.25) is 0 Å². The second-order valence-electron chi connectivity index (χ2n) is 6.36. The zero-order valence-electron chi connectivity index (χ0n) is 7.39. The number of hydrogen-bond acceptors (Lipinski definition) is 2. The predicted octanol–water partition coefficient (Wildman–Crippen LogP) is 0.428. The lowest BCUT2D eigenvalue weighted by Crippen LogP contribution is -2.53. The van der Waals surface area contributed by atoms with Crippen LogP contribution in [0, 0.1) is 47.3 Å². The lowest BCUT2D eigenvalue weighted by atomic mass is 9.59. The predicted molar refractivity (Wildman–Crippen MR) is 44.3 cm³/mol. The van der Waals surface area contributed by atoms with Crippen LogP contribution in [-0.4, -0.2) is 11.8 Å². The molecule has 5 aliphatic carbocycles. The smallest absolute Gasteiger partial charge is 0.124 e. The van der Waals surface area contributed by atoms with E-state index >= 15 is 0 Å². The maximum Gasteiger partial charge on any atom is 0.124 e. The van der Waals surface area contributed by atoms with Gasteiger partial charge in [0.1, 0.15) is 5.72 Å². The molecule has 2 saturated heterocycles. The molecule has 68 valence electrons. The third-order valence-corrected chi connectivity index (χ3v) is 6.76. The van der Waals surface area contributed by atoms with E-state index in [9.17, 15) is 0 Å². The van der Waals surface area contributed by atoms with Crippen LogP contribution in [-0.2, 0) is 4.74 Å². The van der Waals surface area contributed by atoms with Crippen molar-refractivity contribution in [3.63, 3.8) is 0 Å². The molecule has 2 N–H and O–H groups in total.